The smallest absolute Gasteiger partial charge is 0.421 e. The molecule has 3 aliphatic heterocycles. The fraction of sp³-hybridized carbons (Fsp3) is 0.833. The van der Waals surface area contributed by atoms with Gasteiger partial charge in [0.25, 0.3) is 0 Å². The SMILES string of the molecule is CCOC(=O)C(C)(C)COS(=O)(=O)ON1C(=O)N2C[C@H]1CC[C@H]2C(=O)NC1CCN(C(=O)OC(C)(C)C)CC1. The van der Waals surface area contributed by atoms with E-state index in [1.165, 1.54) is 18.7 Å². The third-order valence-electron chi connectivity index (χ3n) is 6.68. The van der Waals surface area contributed by atoms with Crippen LogP contribution >= 0.6 is 0 Å². The number of nitrogens with zero attached hydrogens (tertiary/aromatic N) is 3. The average Bonchev–Trinajstić information content (AvgIpc) is 3.06. The zero-order chi connectivity index (χ0) is 29.2. The van der Waals surface area contributed by atoms with Crippen LogP contribution in [-0.4, -0.2) is 104 Å². The highest BCUT2D eigenvalue weighted by molar-refractivity contribution is 7.81. The number of carbonyl (C=O) groups excluding carboxylic acids is 4. The first-order valence-corrected chi connectivity index (χ1v) is 14.5. The normalized spacial score (nSPS) is 22.6. The third kappa shape index (κ3) is 7.94. The van der Waals surface area contributed by atoms with Crippen LogP contribution < -0.4 is 5.32 Å². The minimum absolute atomic E-state index is 0.123. The molecule has 0 aromatic carbocycles. The molecule has 222 valence electrons. The maximum absolute atomic E-state index is 13.1. The summed E-state index contributed by atoms with van der Waals surface area (Å²) >= 11 is 0. The lowest BCUT2D eigenvalue weighted by atomic mass is 9.95. The first-order chi connectivity index (χ1) is 18.0. The Balaban J connectivity index is 1.51. The number of urea groups is 1. The molecule has 0 spiro atoms. The van der Waals surface area contributed by atoms with Crippen molar-refractivity contribution in [3.05, 3.63) is 0 Å². The van der Waals surface area contributed by atoms with Crippen molar-refractivity contribution in [1.82, 2.24) is 20.2 Å². The van der Waals surface area contributed by atoms with E-state index in [9.17, 15) is 27.6 Å². The summed E-state index contributed by atoms with van der Waals surface area (Å²) in [6, 6.07) is -2.28. The van der Waals surface area contributed by atoms with Gasteiger partial charge in [-0.2, -0.15) is 13.5 Å². The molecule has 39 heavy (non-hydrogen) atoms. The molecule has 2 bridgehead atoms. The Kier molecular flexibility index (Phi) is 9.38. The molecule has 14 nitrogen and oxygen atoms in total. The van der Waals surface area contributed by atoms with Gasteiger partial charge in [0.15, 0.2) is 0 Å². The van der Waals surface area contributed by atoms with E-state index in [4.69, 9.17) is 17.9 Å². The number of hydrogen-bond donors (Lipinski definition) is 1. The number of hydrogen-bond acceptors (Lipinski definition) is 10. The number of nitrogens with one attached hydrogen (secondary N) is 1. The molecule has 1 N–H and O–H groups in total. The lowest BCUT2D eigenvalue weighted by Gasteiger charge is -2.35. The number of fused-ring (bicyclic) bond motifs is 2. The first-order valence-electron chi connectivity index (χ1n) is 13.2. The molecule has 0 aromatic rings. The van der Waals surface area contributed by atoms with Gasteiger partial charge in [0, 0.05) is 25.7 Å². The van der Waals surface area contributed by atoms with Crippen LogP contribution in [0.1, 0.15) is 67.2 Å². The molecular formula is C24H40N4O10S. The van der Waals surface area contributed by atoms with Crippen molar-refractivity contribution < 1.29 is 45.5 Å². The van der Waals surface area contributed by atoms with Gasteiger partial charge in [0.05, 0.1) is 24.7 Å². The highest BCUT2D eigenvalue weighted by Crippen LogP contribution is 2.32. The van der Waals surface area contributed by atoms with Gasteiger partial charge in [-0.15, -0.1) is 4.28 Å². The van der Waals surface area contributed by atoms with E-state index in [-0.39, 0.29) is 25.1 Å². The summed E-state index contributed by atoms with van der Waals surface area (Å²) < 4.78 is 45.0. The molecule has 15 heteroatoms. The summed E-state index contributed by atoms with van der Waals surface area (Å²) in [5, 5.41) is 3.68. The Bertz CT molecular complexity index is 1050. The van der Waals surface area contributed by atoms with Crippen molar-refractivity contribution in [1.29, 1.82) is 0 Å². The van der Waals surface area contributed by atoms with Gasteiger partial charge >= 0.3 is 28.5 Å². The maximum atomic E-state index is 13.1. The van der Waals surface area contributed by atoms with E-state index in [0.717, 1.165) is 5.06 Å². The van der Waals surface area contributed by atoms with Crippen molar-refractivity contribution in [3.63, 3.8) is 0 Å². The summed E-state index contributed by atoms with van der Waals surface area (Å²) in [5.74, 6) is -0.974. The molecule has 3 heterocycles. The second-order valence-corrected chi connectivity index (χ2v) is 12.8. The Morgan fingerprint density at radius 1 is 1.03 bits per heavy atom. The molecule has 2 atom stereocenters. The predicted octanol–water partition coefficient (Wildman–Crippen LogP) is 1.55. The Morgan fingerprint density at radius 2 is 1.67 bits per heavy atom. The Hall–Kier alpha value is -2.65. The molecule has 0 aromatic heterocycles. The first kappa shape index (κ1) is 30.9. The lowest BCUT2D eigenvalue weighted by Crippen LogP contribution is -2.54. The van der Waals surface area contributed by atoms with Crippen molar-refractivity contribution in [2.75, 3.05) is 32.8 Å². The molecule has 3 rings (SSSR count). The van der Waals surface area contributed by atoms with Crippen LogP contribution in [0.5, 0.6) is 0 Å². The van der Waals surface area contributed by atoms with E-state index in [0.29, 0.717) is 38.8 Å². The summed E-state index contributed by atoms with van der Waals surface area (Å²) in [6.45, 7) is 10.5. The van der Waals surface area contributed by atoms with E-state index < -0.39 is 58.2 Å². The standard InChI is InChI=1S/C24H40N4O10S/c1-7-35-20(30)24(5,6)15-36-39(33,34)38-28-17-8-9-18(27(14-17)21(28)31)19(29)25-16-10-12-26(13-11-16)22(32)37-23(2,3)4/h16-18H,7-15H2,1-6H3,(H,25,29)/t17-,18+/m1/s1. The maximum Gasteiger partial charge on any atom is 0.421 e. The van der Waals surface area contributed by atoms with Crippen LogP contribution in [-0.2, 0) is 37.9 Å². The van der Waals surface area contributed by atoms with Gasteiger partial charge in [-0.3, -0.25) is 9.59 Å². The minimum Gasteiger partial charge on any atom is -0.466 e. The van der Waals surface area contributed by atoms with Gasteiger partial charge in [0.2, 0.25) is 5.91 Å². The van der Waals surface area contributed by atoms with Crippen molar-refractivity contribution in [2.45, 2.75) is 91.0 Å². The highest BCUT2D eigenvalue weighted by Gasteiger charge is 2.50. The Labute approximate surface area is 229 Å². The molecule has 3 aliphatic rings. The van der Waals surface area contributed by atoms with Gasteiger partial charge in [-0.05, 0) is 67.2 Å². The predicted molar refractivity (Wildman–Crippen MR) is 136 cm³/mol. The number of amides is 4. The monoisotopic (exact) mass is 576 g/mol. The summed E-state index contributed by atoms with van der Waals surface area (Å²) in [4.78, 5) is 53.2. The zero-order valence-electron chi connectivity index (χ0n) is 23.4. The lowest BCUT2D eigenvalue weighted by molar-refractivity contribution is -0.155. The van der Waals surface area contributed by atoms with Gasteiger partial charge in [0.1, 0.15) is 11.6 Å². The quantitative estimate of drug-likeness (QED) is 0.399. The van der Waals surface area contributed by atoms with Crippen molar-refractivity contribution >= 4 is 34.4 Å². The number of piperidine rings is 2. The number of carbonyl (C=O) groups is 4. The van der Waals surface area contributed by atoms with Gasteiger partial charge in [-0.1, -0.05) is 0 Å². The molecule has 3 saturated heterocycles. The molecule has 0 unspecified atom stereocenters. The van der Waals surface area contributed by atoms with Crippen LogP contribution in [0.4, 0.5) is 9.59 Å². The molecule has 0 saturated carbocycles. The van der Waals surface area contributed by atoms with E-state index in [1.54, 1.807) is 32.6 Å². The number of esters is 1. The van der Waals surface area contributed by atoms with Crippen LogP contribution in [0.15, 0.2) is 0 Å². The van der Waals surface area contributed by atoms with Crippen molar-refractivity contribution in [3.8, 4) is 0 Å². The molecule has 4 amide bonds. The summed E-state index contributed by atoms with van der Waals surface area (Å²) in [5.41, 5.74) is -1.85. The van der Waals surface area contributed by atoms with Crippen LogP contribution in [0.2, 0.25) is 0 Å². The fourth-order valence-electron chi connectivity index (χ4n) is 4.56. The second kappa shape index (κ2) is 11.8. The molecule has 3 fully saturated rings. The summed E-state index contributed by atoms with van der Waals surface area (Å²) in [6.07, 6.45) is 1.37. The fourth-order valence-corrected chi connectivity index (χ4v) is 5.42. The van der Waals surface area contributed by atoms with Crippen LogP contribution in [0.3, 0.4) is 0 Å². The number of rotatable bonds is 9. The average molecular weight is 577 g/mol. The molecular weight excluding hydrogens is 536 g/mol. The molecule has 0 aliphatic carbocycles. The number of ether oxygens (including phenoxy) is 2. The van der Waals surface area contributed by atoms with Crippen molar-refractivity contribution in [2.24, 2.45) is 5.41 Å². The number of likely N-dealkylation sites (tertiary alicyclic amines) is 1. The largest absolute Gasteiger partial charge is 0.466 e. The zero-order valence-corrected chi connectivity index (χ0v) is 24.2. The van der Waals surface area contributed by atoms with E-state index in [1.807, 2.05) is 0 Å². The minimum atomic E-state index is -4.67. The number of hydroxylamine groups is 2. The summed E-state index contributed by atoms with van der Waals surface area (Å²) in [7, 11) is -4.67. The topological polar surface area (TPSA) is 161 Å². The van der Waals surface area contributed by atoms with Gasteiger partial charge in [-0.25, -0.2) is 13.8 Å². The Morgan fingerprint density at radius 3 is 2.26 bits per heavy atom. The highest BCUT2D eigenvalue weighted by atomic mass is 32.3. The third-order valence-corrected chi connectivity index (χ3v) is 7.43. The van der Waals surface area contributed by atoms with Crippen LogP contribution in [0.25, 0.3) is 0 Å². The van der Waals surface area contributed by atoms with E-state index in [2.05, 4.69) is 5.32 Å². The second-order valence-electron chi connectivity index (χ2n) is 11.6. The van der Waals surface area contributed by atoms with E-state index >= 15 is 0 Å². The van der Waals surface area contributed by atoms with Gasteiger partial charge < -0.3 is 24.6 Å². The van der Waals surface area contributed by atoms with Crippen LogP contribution in [0, 0.1) is 5.41 Å². The molecule has 0 radical (unpaired) electrons.